The van der Waals surface area contributed by atoms with Crippen LogP contribution in [0.25, 0.3) is 0 Å². The summed E-state index contributed by atoms with van der Waals surface area (Å²) in [6.45, 7) is 2.35. The van der Waals surface area contributed by atoms with Gasteiger partial charge >= 0.3 is 5.97 Å². The molecule has 0 aromatic heterocycles. The van der Waals surface area contributed by atoms with E-state index in [4.69, 9.17) is 19.7 Å². The van der Waals surface area contributed by atoms with Gasteiger partial charge in [-0.05, 0) is 0 Å². The standard InChI is InChI=1S/C10H21NO6/c1-15-4-2-11(8-10(13)14)3-5-16-6-7-17-9-12/h12H,2-9H2,1H3,(H,13,14). The first-order chi connectivity index (χ1) is 8.20. The Morgan fingerprint density at radius 3 is 2.35 bits per heavy atom. The van der Waals surface area contributed by atoms with Crippen LogP contribution in [-0.2, 0) is 19.0 Å². The summed E-state index contributed by atoms with van der Waals surface area (Å²) in [5, 5.41) is 17.0. The second kappa shape index (κ2) is 11.7. The van der Waals surface area contributed by atoms with Gasteiger partial charge in [-0.1, -0.05) is 0 Å². The van der Waals surface area contributed by atoms with Gasteiger partial charge in [0.2, 0.25) is 0 Å². The molecule has 2 N–H and O–H groups in total. The van der Waals surface area contributed by atoms with Gasteiger partial charge in [0.25, 0.3) is 0 Å². The van der Waals surface area contributed by atoms with Gasteiger partial charge in [0, 0.05) is 20.2 Å². The lowest BCUT2D eigenvalue weighted by atomic mass is 10.4. The largest absolute Gasteiger partial charge is 0.480 e. The minimum absolute atomic E-state index is 0.0279. The summed E-state index contributed by atoms with van der Waals surface area (Å²) < 4.78 is 14.8. The van der Waals surface area contributed by atoms with Crippen LogP contribution in [0, 0.1) is 0 Å². The van der Waals surface area contributed by atoms with E-state index in [0.29, 0.717) is 39.5 Å². The quantitative estimate of drug-likeness (QED) is 0.340. The normalized spacial score (nSPS) is 11.0. The van der Waals surface area contributed by atoms with E-state index in [1.54, 1.807) is 12.0 Å². The summed E-state index contributed by atoms with van der Waals surface area (Å²) in [5.41, 5.74) is 0. The molecule has 0 amide bonds. The predicted molar refractivity (Wildman–Crippen MR) is 59.8 cm³/mol. The zero-order valence-electron chi connectivity index (χ0n) is 10.1. The maximum absolute atomic E-state index is 10.6. The lowest BCUT2D eigenvalue weighted by Crippen LogP contribution is -2.35. The summed E-state index contributed by atoms with van der Waals surface area (Å²) >= 11 is 0. The Bertz CT molecular complexity index is 190. The average molecular weight is 251 g/mol. The number of hydrogen-bond acceptors (Lipinski definition) is 6. The van der Waals surface area contributed by atoms with E-state index in [-0.39, 0.29) is 13.3 Å². The van der Waals surface area contributed by atoms with Crippen LogP contribution < -0.4 is 0 Å². The molecule has 7 heteroatoms. The number of carboxylic acid groups (broad SMARTS) is 1. The molecule has 0 aliphatic carbocycles. The third-order valence-corrected chi connectivity index (χ3v) is 1.99. The zero-order valence-corrected chi connectivity index (χ0v) is 10.1. The highest BCUT2D eigenvalue weighted by Crippen LogP contribution is 1.90. The molecular formula is C10H21NO6. The highest BCUT2D eigenvalue weighted by Gasteiger charge is 2.08. The molecular weight excluding hydrogens is 230 g/mol. The minimum atomic E-state index is -0.871. The number of rotatable bonds is 12. The molecule has 0 saturated carbocycles. The lowest BCUT2D eigenvalue weighted by Gasteiger charge is -2.19. The maximum Gasteiger partial charge on any atom is 0.317 e. The molecule has 0 spiro atoms. The van der Waals surface area contributed by atoms with Gasteiger partial charge in [-0.25, -0.2) is 0 Å². The van der Waals surface area contributed by atoms with Crippen LogP contribution in [0.15, 0.2) is 0 Å². The fraction of sp³-hybridized carbons (Fsp3) is 0.900. The van der Waals surface area contributed by atoms with Crippen molar-refractivity contribution in [3.8, 4) is 0 Å². The summed E-state index contributed by atoms with van der Waals surface area (Å²) in [5.74, 6) is -0.871. The Hall–Kier alpha value is -0.730. The van der Waals surface area contributed by atoms with Crippen molar-refractivity contribution in [2.75, 3.05) is 60.0 Å². The SMILES string of the molecule is COCCN(CCOCCOCO)CC(=O)O. The van der Waals surface area contributed by atoms with Gasteiger partial charge in [-0.3, -0.25) is 9.69 Å². The van der Waals surface area contributed by atoms with Crippen LogP contribution in [0.4, 0.5) is 0 Å². The first kappa shape index (κ1) is 16.3. The summed E-state index contributed by atoms with van der Waals surface area (Å²) in [4.78, 5) is 12.3. The van der Waals surface area contributed by atoms with Crippen LogP contribution in [-0.4, -0.2) is 81.0 Å². The van der Waals surface area contributed by atoms with Crippen molar-refractivity contribution in [2.24, 2.45) is 0 Å². The molecule has 0 aliphatic heterocycles. The Balaban J connectivity index is 3.56. The molecule has 0 aromatic rings. The van der Waals surface area contributed by atoms with E-state index >= 15 is 0 Å². The van der Waals surface area contributed by atoms with E-state index in [1.165, 1.54) is 0 Å². The molecule has 0 atom stereocenters. The monoisotopic (exact) mass is 251 g/mol. The van der Waals surface area contributed by atoms with Crippen LogP contribution >= 0.6 is 0 Å². The van der Waals surface area contributed by atoms with E-state index in [0.717, 1.165) is 0 Å². The summed E-state index contributed by atoms with van der Waals surface area (Å²) in [6, 6.07) is 0. The van der Waals surface area contributed by atoms with Gasteiger partial charge < -0.3 is 24.4 Å². The predicted octanol–water partition coefficient (Wildman–Crippen LogP) is -0.998. The number of aliphatic carboxylic acids is 1. The number of hydrogen-bond donors (Lipinski definition) is 2. The third kappa shape index (κ3) is 11.5. The zero-order chi connectivity index (χ0) is 12.9. The number of nitrogens with zero attached hydrogens (tertiary/aromatic N) is 1. The molecule has 0 bridgehead atoms. The molecule has 17 heavy (non-hydrogen) atoms. The van der Waals surface area contributed by atoms with Gasteiger partial charge in [0.05, 0.1) is 33.0 Å². The van der Waals surface area contributed by atoms with E-state index in [9.17, 15) is 4.79 Å². The van der Waals surface area contributed by atoms with Crippen LogP contribution in [0.5, 0.6) is 0 Å². The Labute approximate surface area is 101 Å². The molecule has 0 aliphatic rings. The molecule has 0 rings (SSSR count). The number of ether oxygens (including phenoxy) is 3. The van der Waals surface area contributed by atoms with Crippen molar-refractivity contribution < 1.29 is 29.2 Å². The molecule has 0 fully saturated rings. The van der Waals surface area contributed by atoms with Crippen molar-refractivity contribution in [1.82, 2.24) is 4.90 Å². The van der Waals surface area contributed by atoms with Gasteiger partial charge in [-0.15, -0.1) is 0 Å². The third-order valence-electron chi connectivity index (χ3n) is 1.99. The van der Waals surface area contributed by atoms with Crippen molar-refractivity contribution in [1.29, 1.82) is 0 Å². The molecule has 0 radical (unpaired) electrons. The Morgan fingerprint density at radius 2 is 1.76 bits per heavy atom. The van der Waals surface area contributed by atoms with Crippen LogP contribution in [0.2, 0.25) is 0 Å². The van der Waals surface area contributed by atoms with Gasteiger partial charge in [-0.2, -0.15) is 0 Å². The van der Waals surface area contributed by atoms with E-state index < -0.39 is 5.97 Å². The average Bonchev–Trinajstić information content (AvgIpc) is 2.29. The number of carbonyl (C=O) groups is 1. The number of aliphatic hydroxyl groups is 1. The number of aliphatic hydroxyl groups excluding tert-OH is 1. The van der Waals surface area contributed by atoms with Crippen molar-refractivity contribution in [3.05, 3.63) is 0 Å². The summed E-state index contributed by atoms with van der Waals surface area (Å²) in [7, 11) is 1.57. The van der Waals surface area contributed by atoms with Gasteiger partial charge in [0.1, 0.15) is 6.79 Å². The van der Waals surface area contributed by atoms with Crippen molar-refractivity contribution in [3.63, 3.8) is 0 Å². The second-order valence-corrected chi connectivity index (χ2v) is 3.31. The Kier molecular flexibility index (Phi) is 11.2. The number of carboxylic acids is 1. The highest BCUT2D eigenvalue weighted by atomic mass is 16.6. The van der Waals surface area contributed by atoms with E-state index in [2.05, 4.69) is 4.74 Å². The first-order valence-corrected chi connectivity index (χ1v) is 5.40. The molecule has 0 unspecified atom stereocenters. The molecule has 102 valence electrons. The lowest BCUT2D eigenvalue weighted by molar-refractivity contribution is -0.138. The highest BCUT2D eigenvalue weighted by molar-refractivity contribution is 5.69. The number of methoxy groups -OCH3 is 1. The van der Waals surface area contributed by atoms with Crippen molar-refractivity contribution >= 4 is 5.97 Å². The molecule has 0 aromatic carbocycles. The first-order valence-electron chi connectivity index (χ1n) is 5.40. The van der Waals surface area contributed by atoms with Gasteiger partial charge in [0.15, 0.2) is 0 Å². The fourth-order valence-electron chi connectivity index (χ4n) is 1.16. The van der Waals surface area contributed by atoms with Crippen LogP contribution in [0.1, 0.15) is 0 Å². The molecule has 7 nitrogen and oxygen atoms in total. The van der Waals surface area contributed by atoms with E-state index in [1.807, 2.05) is 0 Å². The molecule has 0 saturated heterocycles. The smallest absolute Gasteiger partial charge is 0.317 e. The van der Waals surface area contributed by atoms with Crippen molar-refractivity contribution in [2.45, 2.75) is 0 Å². The Morgan fingerprint density at radius 1 is 1.12 bits per heavy atom. The van der Waals surface area contributed by atoms with Crippen LogP contribution in [0.3, 0.4) is 0 Å². The molecule has 0 heterocycles. The second-order valence-electron chi connectivity index (χ2n) is 3.31. The fourth-order valence-corrected chi connectivity index (χ4v) is 1.16. The summed E-state index contributed by atoms with van der Waals surface area (Å²) in [6.07, 6.45) is 0. The minimum Gasteiger partial charge on any atom is -0.480 e. The maximum atomic E-state index is 10.6. The topological polar surface area (TPSA) is 88.5 Å².